The highest BCUT2D eigenvalue weighted by molar-refractivity contribution is 6.34. The molecule has 2 N–H and O–H groups in total. The molecule has 0 amide bonds. The smallest absolute Gasteiger partial charge is 0.0789 e. The first-order chi connectivity index (χ1) is 8.06. The van der Waals surface area contributed by atoms with Crippen LogP contribution in [-0.2, 0) is 0 Å². The second-order valence-corrected chi connectivity index (χ2v) is 5.74. The molecule has 17 heavy (non-hydrogen) atoms. The Morgan fingerprint density at radius 1 is 1.35 bits per heavy atom. The summed E-state index contributed by atoms with van der Waals surface area (Å²) < 4.78 is 0. The van der Waals surface area contributed by atoms with Crippen molar-refractivity contribution in [2.24, 2.45) is 5.41 Å². The molecule has 0 saturated carbocycles. The van der Waals surface area contributed by atoms with Crippen molar-refractivity contribution in [1.82, 2.24) is 0 Å². The van der Waals surface area contributed by atoms with Crippen LogP contribution < -0.4 is 10.6 Å². The summed E-state index contributed by atoms with van der Waals surface area (Å²) >= 11 is 6.25. The number of para-hydroxylation sites is 1. The molecule has 1 fully saturated rings. The minimum Gasteiger partial charge on any atom is -0.397 e. The standard InChI is InChI=1S/C14H21ClN2/c1-3-14(2)7-9-17(10-8-14)13-11(15)5-4-6-12(13)16/h4-6H,3,7-10,16H2,1-2H3. The fourth-order valence-corrected chi connectivity index (χ4v) is 2.79. The van der Waals surface area contributed by atoms with Gasteiger partial charge < -0.3 is 10.6 Å². The van der Waals surface area contributed by atoms with Crippen LogP contribution in [0.25, 0.3) is 0 Å². The molecule has 0 unspecified atom stereocenters. The van der Waals surface area contributed by atoms with Crippen molar-refractivity contribution in [3.8, 4) is 0 Å². The SMILES string of the molecule is CCC1(C)CCN(c2c(N)cccc2Cl)CC1. The molecule has 2 nitrogen and oxygen atoms in total. The van der Waals surface area contributed by atoms with Gasteiger partial charge in [-0.1, -0.05) is 37.9 Å². The topological polar surface area (TPSA) is 29.3 Å². The van der Waals surface area contributed by atoms with Gasteiger partial charge in [0.15, 0.2) is 0 Å². The maximum absolute atomic E-state index is 6.25. The molecule has 3 heteroatoms. The third-order valence-electron chi connectivity index (χ3n) is 4.16. The first-order valence-electron chi connectivity index (χ1n) is 6.35. The molecule has 2 rings (SSSR count). The summed E-state index contributed by atoms with van der Waals surface area (Å²) in [5.74, 6) is 0. The summed E-state index contributed by atoms with van der Waals surface area (Å²) in [5.41, 5.74) is 8.33. The largest absolute Gasteiger partial charge is 0.397 e. The highest BCUT2D eigenvalue weighted by atomic mass is 35.5. The molecule has 1 aromatic carbocycles. The molecule has 1 aliphatic heterocycles. The fourth-order valence-electron chi connectivity index (χ4n) is 2.49. The molecular weight excluding hydrogens is 232 g/mol. The monoisotopic (exact) mass is 252 g/mol. The van der Waals surface area contributed by atoms with Crippen molar-refractivity contribution in [3.05, 3.63) is 23.2 Å². The molecule has 1 aromatic rings. The molecule has 0 aliphatic carbocycles. The van der Waals surface area contributed by atoms with Gasteiger partial charge in [-0.25, -0.2) is 0 Å². The highest BCUT2D eigenvalue weighted by Gasteiger charge is 2.29. The number of anilines is 2. The molecule has 1 heterocycles. The Morgan fingerprint density at radius 2 is 2.00 bits per heavy atom. The molecule has 0 spiro atoms. The molecule has 0 aromatic heterocycles. The number of nitrogens with two attached hydrogens (primary N) is 1. The summed E-state index contributed by atoms with van der Waals surface area (Å²) in [6.45, 7) is 6.76. The highest BCUT2D eigenvalue weighted by Crippen LogP contribution is 2.39. The summed E-state index contributed by atoms with van der Waals surface area (Å²) in [4.78, 5) is 2.33. The van der Waals surface area contributed by atoms with Crippen molar-refractivity contribution in [2.45, 2.75) is 33.1 Å². The Kier molecular flexibility index (Phi) is 3.53. The number of hydrogen-bond donors (Lipinski definition) is 1. The maximum Gasteiger partial charge on any atom is 0.0789 e. The lowest BCUT2D eigenvalue weighted by atomic mass is 9.78. The number of benzene rings is 1. The Balaban J connectivity index is 2.16. The predicted molar refractivity (Wildman–Crippen MR) is 75.7 cm³/mol. The minimum absolute atomic E-state index is 0.493. The van der Waals surface area contributed by atoms with Crippen LogP contribution in [-0.4, -0.2) is 13.1 Å². The van der Waals surface area contributed by atoms with Crippen LogP contribution in [0.15, 0.2) is 18.2 Å². The second kappa shape index (κ2) is 4.77. The van der Waals surface area contributed by atoms with E-state index in [1.54, 1.807) is 0 Å². The molecule has 94 valence electrons. The first-order valence-corrected chi connectivity index (χ1v) is 6.72. The van der Waals surface area contributed by atoms with Crippen LogP contribution in [0, 0.1) is 5.41 Å². The number of nitrogens with zero attached hydrogens (tertiary/aromatic N) is 1. The second-order valence-electron chi connectivity index (χ2n) is 5.33. The predicted octanol–water partition coefficient (Wildman–Crippen LogP) is 3.94. The lowest BCUT2D eigenvalue weighted by Crippen LogP contribution is -2.38. The van der Waals surface area contributed by atoms with Crippen molar-refractivity contribution in [3.63, 3.8) is 0 Å². The van der Waals surface area contributed by atoms with Crippen LogP contribution in [0.1, 0.15) is 33.1 Å². The summed E-state index contributed by atoms with van der Waals surface area (Å²) in [7, 11) is 0. The van der Waals surface area contributed by atoms with Gasteiger partial charge in [0.2, 0.25) is 0 Å². The average molecular weight is 253 g/mol. The quantitative estimate of drug-likeness (QED) is 0.808. The molecule has 0 bridgehead atoms. The first kappa shape index (κ1) is 12.6. The molecule has 1 aliphatic rings. The van der Waals surface area contributed by atoms with Crippen LogP contribution in [0.4, 0.5) is 11.4 Å². The lowest BCUT2D eigenvalue weighted by molar-refractivity contribution is 0.238. The van der Waals surface area contributed by atoms with E-state index in [2.05, 4.69) is 18.7 Å². The van der Waals surface area contributed by atoms with E-state index in [1.807, 2.05) is 18.2 Å². The van der Waals surface area contributed by atoms with Gasteiger partial charge in [0.25, 0.3) is 0 Å². The average Bonchev–Trinajstić information content (AvgIpc) is 2.31. The zero-order chi connectivity index (χ0) is 12.5. The third-order valence-corrected chi connectivity index (χ3v) is 4.46. The summed E-state index contributed by atoms with van der Waals surface area (Å²) in [5, 5.41) is 0.769. The van der Waals surface area contributed by atoms with E-state index in [4.69, 9.17) is 17.3 Å². The molecular formula is C14H21ClN2. The van der Waals surface area contributed by atoms with Crippen LogP contribution in [0.2, 0.25) is 5.02 Å². The number of nitrogen functional groups attached to an aromatic ring is 1. The Bertz CT molecular complexity index is 375. The van der Waals surface area contributed by atoms with E-state index in [0.29, 0.717) is 5.41 Å². The molecule has 0 radical (unpaired) electrons. The number of hydrogen-bond acceptors (Lipinski definition) is 2. The Labute approximate surface area is 109 Å². The number of rotatable bonds is 2. The van der Waals surface area contributed by atoms with Gasteiger partial charge in [-0.2, -0.15) is 0 Å². The molecule has 1 saturated heterocycles. The normalized spacial score (nSPS) is 19.4. The van der Waals surface area contributed by atoms with Gasteiger partial charge in [-0.3, -0.25) is 0 Å². The maximum atomic E-state index is 6.25. The zero-order valence-corrected chi connectivity index (χ0v) is 11.4. The van der Waals surface area contributed by atoms with Crippen LogP contribution >= 0.6 is 11.6 Å². The Hall–Kier alpha value is -0.890. The zero-order valence-electron chi connectivity index (χ0n) is 10.7. The Morgan fingerprint density at radius 3 is 2.53 bits per heavy atom. The van der Waals surface area contributed by atoms with E-state index in [-0.39, 0.29) is 0 Å². The van der Waals surface area contributed by atoms with Gasteiger partial charge in [0, 0.05) is 13.1 Å². The molecule has 0 atom stereocenters. The lowest BCUT2D eigenvalue weighted by Gasteiger charge is -2.40. The third kappa shape index (κ3) is 2.52. The van der Waals surface area contributed by atoms with Gasteiger partial charge in [-0.15, -0.1) is 0 Å². The summed E-state index contributed by atoms with van der Waals surface area (Å²) in [6.07, 6.45) is 3.68. The van der Waals surface area contributed by atoms with Crippen molar-refractivity contribution in [2.75, 3.05) is 23.7 Å². The van der Waals surface area contributed by atoms with E-state index >= 15 is 0 Å². The van der Waals surface area contributed by atoms with Crippen LogP contribution in [0.3, 0.4) is 0 Å². The van der Waals surface area contributed by atoms with E-state index < -0.39 is 0 Å². The minimum atomic E-state index is 0.493. The van der Waals surface area contributed by atoms with E-state index in [9.17, 15) is 0 Å². The van der Waals surface area contributed by atoms with Gasteiger partial charge >= 0.3 is 0 Å². The van der Waals surface area contributed by atoms with E-state index in [0.717, 1.165) is 29.5 Å². The van der Waals surface area contributed by atoms with Crippen molar-refractivity contribution < 1.29 is 0 Å². The number of piperidine rings is 1. The van der Waals surface area contributed by atoms with Gasteiger partial charge in [-0.05, 0) is 30.4 Å². The van der Waals surface area contributed by atoms with E-state index in [1.165, 1.54) is 19.3 Å². The van der Waals surface area contributed by atoms with Crippen molar-refractivity contribution >= 4 is 23.0 Å². The van der Waals surface area contributed by atoms with Crippen molar-refractivity contribution in [1.29, 1.82) is 0 Å². The van der Waals surface area contributed by atoms with Gasteiger partial charge in [0.05, 0.1) is 16.4 Å². The van der Waals surface area contributed by atoms with Gasteiger partial charge in [0.1, 0.15) is 0 Å². The van der Waals surface area contributed by atoms with Crippen LogP contribution in [0.5, 0.6) is 0 Å². The summed E-state index contributed by atoms with van der Waals surface area (Å²) in [6, 6.07) is 5.75. The number of halogens is 1. The fraction of sp³-hybridized carbons (Fsp3) is 0.571.